The van der Waals surface area contributed by atoms with Gasteiger partial charge in [-0.2, -0.15) is 0 Å². The van der Waals surface area contributed by atoms with E-state index >= 15 is 0 Å². The molecule has 0 aromatic heterocycles. The molecular weight excluding hydrogens is 234 g/mol. The summed E-state index contributed by atoms with van der Waals surface area (Å²) in [6.07, 6.45) is 1.12. The summed E-state index contributed by atoms with van der Waals surface area (Å²) >= 11 is 5.91. The smallest absolute Gasteiger partial charge is 0.0726 e. The lowest BCUT2D eigenvalue weighted by Gasteiger charge is -2.22. The van der Waals surface area contributed by atoms with Gasteiger partial charge in [0.25, 0.3) is 0 Å². The Balaban J connectivity index is 2.16. The second-order valence-electron chi connectivity index (χ2n) is 5.14. The van der Waals surface area contributed by atoms with Crippen molar-refractivity contribution in [2.45, 2.75) is 32.5 Å². The van der Waals surface area contributed by atoms with Crippen LogP contribution in [-0.2, 0) is 0 Å². The second kappa shape index (κ2) is 5.36. The third kappa shape index (κ3) is 2.99. The first-order chi connectivity index (χ1) is 8.08. The van der Waals surface area contributed by atoms with Crippen LogP contribution in [0.4, 0.5) is 0 Å². The van der Waals surface area contributed by atoms with Gasteiger partial charge in [0, 0.05) is 10.9 Å². The normalized spacial score (nSPS) is 28.9. The first-order valence-electron chi connectivity index (χ1n) is 6.10. The molecule has 0 spiro atoms. The zero-order valence-corrected chi connectivity index (χ0v) is 11.0. The van der Waals surface area contributed by atoms with Gasteiger partial charge < -0.3 is 5.73 Å². The van der Waals surface area contributed by atoms with Crippen molar-refractivity contribution in [2.24, 2.45) is 17.6 Å². The second-order valence-corrected chi connectivity index (χ2v) is 5.57. The quantitative estimate of drug-likeness (QED) is 0.776. The lowest BCUT2D eigenvalue weighted by atomic mass is 9.86. The molecular formula is C13H20ClN3. The van der Waals surface area contributed by atoms with E-state index in [4.69, 9.17) is 17.3 Å². The van der Waals surface area contributed by atoms with Crippen LogP contribution in [0.2, 0.25) is 5.02 Å². The number of hydrazine groups is 1. The Morgan fingerprint density at radius 2 is 1.88 bits per heavy atom. The molecule has 0 amide bonds. The molecule has 0 bridgehead atoms. The molecule has 17 heavy (non-hydrogen) atoms. The number of hydrogen-bond acceptors (Lipinski definition) is 3. The summed E-state index contributed by atoms with van der Waals surface area (Å²) in [5.41, 5.74) is 13.7. The molecule has 1 aliphatic heterocycles. The first-order valence-corrected chi connectivity index (χ1v) is 6.48. The largest absolute Gasteiger partial charge is 0.315 e. The Morgan fingerprint density at radius 3 is 2.47 bits per heavy atom. The van der Waals surface area contributed by atoms with E-state index in [1.807, 2.05) is 12.1 Å². The minimum absolute atomic E-state index is 0.0121. The highest BCUT2D eigenvalue weighted by Gasteiger charge is 2.34. The highest BCUT2D eigenvalue weighted by molar-refractivity contribution is 6.30. The number of nitrogens with one attached hydrogen (secondary N) is 2. The molecule has 3 unspecified atom stereocenters. The van der Waals surface area contributed by atoms with Crippen LogP contribution < -0.4 is 16.6 Å². The molecule has 4 heteroatoms. The third-order valence-electron chi connectivity index (χ3n) is 3.27. The molecule has 1 saturated heterocycles. The molecule has 1 aromatic rings. The maximum atomic E-state index is 6.09. The molecule has 0 saturated carbocycles. The summed E-state index contributed by atoms with van der Waals surface area (Å²) in [4.78, 5) is 0. The molecule has 1 aromatic carbocycles. The average Bonchev–Trinajstić information content (AvgIpc) is 2.61. The Bertz CT molecular complexity index is 363. The Hall–Kier alpha value is -0.610. The SMILES string of the molecule is CC(C)CC1C(N)NNC1c1ccc(Cl)cc1. The predicted molar refractivity (Wildman–Crippen MR) is 71.4 cm³/mol. The fourth-order valence-corrected chi connectivity index (χ4v) is 2.56. The van der Waals surface area contributed by atoms with E-state index in [9.17, 15) is 0 Å². The number of nitrogens with two attached hydrogens (primary N) is 1. The highest BCUT2D eigenvalue weighted by atomic mass is 35.5. The third-order valence-corrected chi connectivity index (χ3v) is 3.52. The fourth-order valence-electron chi connectivity index (χ4n) is 2.44. The van der Waals surface area contributed by atoms with Gasteiger partial charge >= 0.3 is 0 Å². The molecule has 0 aliphatic carbocycles. The van der Waals surface area contributed by atoms with Crippen LogP contribution >= 0.6 is 11.6 Å². The van der Waals surface area contributed by atoms with Crippen molar-refractivity contribution in [3.8, 4) is 0 Å². The van der Waals surface area contributed by atoms with Gasteiger partial charge in [-0.15, -0.1) is 0 Å². The summed E-state index contributed by atoms with van der Waals surface area (Å²) < 4.78 is 0. The monoisotopic (exact) mass is 253 g/mol. The van der Waals surface area contributed by atoms with Crippen LogP contribution in [0, 0.1) is 11.8 Å². The molecule has 0 radical (unpaired) electrons. The molecule has 1 heterocycles. The van der Waals surface area contributed by atoms with E-state index in [1.54, 1.807) is 0 Å². The number of rotatable bonds is 3. The molecule has 3 atom stereocenters. The van der Waals surface area contributed by atoms with Crippen molar-refractivity contribution in [3.63, 3.8) is 0 Å². The van der Waals surface area contributed by atoms with Gasteiger partial charge in [-0.1, -0.05) is 37.6 Å². The number of benzene rings is 1. The van der Waals surface area contributed by atoms with E-state index in [1.165, 1.54) is 5.56 Å². The Kier molecular flexibility index (Phi) is 4.05. The van der Waals surface area contributed by atoms with E-state index in [-0.39, 0.29) is 12.2 Å². The van der Waals surface area contributed by atoms with Crippen LogP contribution in [0.1, 0.15) is 31.9 Å². The molecule has 1 fully saturated rings. The average molecular weight is 254 g/mol. The topological polar surface area (TPSA) is 50.1 Å². The number of hydrogen-bond donors (Lipinski definition) is 3. The van der Waals surface area contributed by atoms with Crippen LogP contribution in [0.3, 0.4) is 0 Å². The Morgan fingerprint density at radius 1 is 1.24 bits per heavy atom. The van der Waals surface area contributed by atoms with Crippen LogP contribution in [-0.4, -0.2) is 6.17 Å². The van der Waals surface area contributed by atoms with Crippen LogP contribution in [0.25, 0.3) is 0 Å². The van der Waals surface area contributed by atoms with Crippen molar-refractivity contribution in [3.05, 3.63) is 34.9 Å². The number of halogens is 1. The molecule has 3 nitrogen and oxygen atoms in total. The van der Waals surface area contributed by atoms with Crippen molar-refractivity contribution in [2.75, 3.05) is 0 Å². The van der Waals surface area contributed by atoms with Crippen LogP contribution in [0.15, 0.2) is 24.3 Å². The maximum Gasteiger partial charge on any atom is 0.0726 e. The Labute approximate surface area is 108 Å². The van der Waals surface area contributed by atoms with E-state index in [2.05, 4.69) is 36.8 Å². The summed E-state index contributed by atoms with van der Waals surface area (Å²) in [7, 11) is 0. The van der Waals surface area contributed by atoms with Crippen LogP contribution in [0.5, 0.6) is 0 Å². The molecule has 4 N–H and O–H groups in total. The van der Waals surface area contributed by atoms with Crippen molar-refractivity contribution in [1.82, 2.24) is 10.9 Å². The van der Waals surface area contributed by atoms with Crippen molar-refractivity contribution >= 4 is 11.6 Å². The summed E-state index contributed by atoms with van der Waals surface area (Å²) in [5, 5.41) is 0.768. The van der Waals surface area contributed by atoms with Crippen molar-refractivity contribution < 1.29 is 0 Å². The lowest BCUT2D eigenvalue weighted by Crippen LogP contribution is -2.39. The summed E-state index contributed by atoms with van der Waals surface area (Å²) in [6, 6.07) is 8.24. The zero-order chi connectivity index (χ0) is 12.4. The minimum Gasteiger partial charge on any atom is -0.315 e. The van der Waals surface area contributed by atoms with Gasteiger partial charge in [0.2, 0.25) is 0 Å². The summed E-state index contributed by atoms with van der Waals surface area (Å²) in [6.45, 7) is 4.45. The predicted octanol–water partition coefficient (Wildman–Crippen LogP) is 2.44. The lowest BCUT2D eigenvalue weighted by molar-refractivity contribution is 0.344. The van der Waals surface area contributed by atoms with E-state index < -0.39 is 0 Å². The summed E-state index contributed by atoms with van der Waals surface area (Å²) in [5.74, 6) is 1.05. The molecule has 94 valence electrons. The molecule has 1 aliphatic rings. The zero-order valence-electron chi connectivity index (χ0n) is 10.3. The van der Waals surface area contributed by atoms with Gasteiger partial charge in [-0.25, -0.2) is 10.9 Å². The minimum atomic E-state index is 0.0121. The van der Waals surface area contributed by atoms with Gasteiger partial charge in [-0.05, 0) is 30.0 Å². The standard InChI is InChI=1S/C13H20ClN3/c1-8(2)7-11-12(16-17-13(11)15)9-3-5-10(14)6-4-9/h3-6,8,11-13,16-17H,7,15H2,1-2H3. The molecule has 2 rings (SSSR count). The van der Waals surface area contributed by atoms with Gasteiger partial charge in [-0.3, -0.25) is 0 Å². The fraction of sp³-hybridized carbons (Fsp3) is 0.538. The first kappa shape index (κ1) is 12.8. The maximum absolute atomic E-state index is 6.09. The van der Waals surface area contributed by atoms with Gasteiger partial charge in [0.05, 0.1) is 12.2 Å². The van der Waals surface area contributed by atoms with Crippen molar-refractivity contribution in [1.29, 1.82) is 0 Å². The van der Waals surface area contributed by atoms with Gasteiger partial charge in [0.15, 0.2) is 0 Å². The van der Waals surface area contributed by atoms with E-state index in [0.717, 1.165) is 11.4 Å². The van der Waals surface area contributed by atoms with Gasteiger partial charge in [0.1, 0.15) is 0 Å². The highest BCUT2D eigenvalue weighted by Crippen LogP contribution is 2.32. The van der Waals surface area contributed by atoms with E-state index in [0.29, 0.717) is 11.8 Å².